The minimum absolute atomic E-state index is 0.00176. The van der Waals surface area contributed by atoms with Gasteiger partial charge in [-0.2, -0.15) is 0 Å². The Morgan fingerprint density at radius 1 is 1.15 bits per heavy atom. The van der Waals surface area contributed by atoms with Crippen LogP contribution in [0.1, 0.15) is 100 Å². The molecule has 3 aliphatic heterocycles. The highest BCUT2D eigenvalue weighted by molar-refractivity contribution is 8.76. The van der Waals surface area contributed by atoms with Crippen molar-refractivity contribution >= 4 is 50.3 Å². The number of anilines is 1. The molecular formula is C42H49N3O7S2. The monoisotopic (exact) mass is 771 g/mol. The molecule has 2 aliphatic carbocycles. The highest BCUT2D eigenvalue weighted by Crippen LogP contribution is 2.58. The van der Waals surface area contributed by atoms with Crippen LogP contribution in [0.15, 0.2) is 63.0 Å². The van der Waals surface area contributed by atoms with Crippen LogP contribution in [-0.2, 0) is 32.6 Å². The average molecular weight is 772 g/mol. The van der Waals surface area contributed by atoms with Crippen LogP contribution in [0.25, 0.3) is 11.0 Å². The molecule has 0 bridgehead atoms. The Bertz CT molecular complexity index is 2120. The number of esters is 1. The molecule has 3 aromatic rings. The SMILES string of the molecule is CC=C(C)C(=O)OC1(C)CC=C2CSSCC3CCN3C(=O)Cc3cnc(N)cc3C2C12Cc1cc3cc(C4(CCO)CCCCC4)c(=O)oc3cc1O2. The van der Waals surface area contributed by atoms with Crippen molar-refractivity contribution in [3.63, 3.8) is 0 Å². The van der Waals surface area contributed by atoms with E-state index in [1.807, 2.05) is 36.9 Å². The molecule has 1 saturated carbocycles. The maximum absolute atomic E-state index is 13.8. The third kappa shape index (κ3) is 6.26. The van der Waals surface area contributed by atoms with Gasteiger partial charge in [-0.05, 0) is 81.3 Å². The second-order valence-electron chi connectivity index (χ2n) is 16.0. The lowest BCUT2D eigenvalue weighted by atomic mass is 9.61. The molecule has 3 N–H and O–H groups in total. The molecule has 54 heavy (non-hydrogen) atoms. The van der Waals surface area contributed by atoms with E-state index in [0.717, 1.165) is 78.5 Å². The Morgan fingerprint density at radius 2 is 1.96 bits per heavy atom. The van der Waals surface area contributed by atoms with E-state index in [-0.39, 0.29) is 30.6 Å². The fourth-order valence-electron chi connectivity index (χ4n) is 9.59. The van der Waals surface area contributed by atoms with Crippen LogP contribution in [0.5, 0.6) is 5.75 Å². The van der Waals surface area contributed by atoms with Crippen LogP contribution in [0.2, 0.25) is 0 Å². The standard InChI is InChI=1S/C42H49N3O7S2/c1-4-25(2)38(48)52-40(3)12-8-26-23-53-54-24-30-9-14-45(30)36(47)18-29-22-44-35(43)19-31(29)37(26)42(40)21-28-16-27-17-32(39(49)50-33(27)20-34(28)51-42)41(13-15-46)10-6-5-7-11-41/h4,8,16-17,19-20,22,30,37,46H,5-7,9-15,18,21,23-24H2,1-3H3,(H2,43,44). The number of amides is 1. The zero-order valence-electron chi connectivity index (χ0n) is 31.3. The molecule has 4 unspecified atom stereocenters. The number of carbonyl (C=O) groups excluding carboxylic acids is 2. The summed E-state index contributed by atoms with van der Waals surface area (Å²) < 4.78 is 19.9. The molecule has 2 fully saturated rings. The summed E-state index contributed by atoms with van der Waals surface area (Å²) in [7, 11) is 3.55. The van der Waals surface area contributed by atoms with Crippen molar-refractivity contribution in [3.8, 4) is 5.75 Å². The molecule has 286 valence electrons. The van der Waals surface area contributed by atoms with Gasteiger partial charge in [0.2, 0.25) is 5.91 Å². The van der Waals surface area contributed by atoms with E-state index < -0.39 is 28.5 Å². The van der Waals surface area contributed by atoms with Gasteiger partial charge in [0.05, 0.1) is 12.3 Å². The number of aliphatic hydroxyl groups is 1. The summed E-state index contributed by atoms with van der Waals surface area (Å²) in [5.74, 6) is 1.61. The number of nitrogens with two attached hydrogens (primary N) is 1. The predicted octanol–water partition coefficient (Wildman–Crippen LogP) is 6.95. The summed E-state index contributed by atoms with van der Waals surface area (Å²) in [6.07, 6.45) is 12.9. The molecule has 10 nitrogen and oxygen atoms in total. The Kier molecular flexibility index (Phi) is 9.92. The van der Waals surface area contributed by atoms with Crippen LogP contribution < -0.4 is 16.1 Å². The minimum Gasteiger partial charge on any atom is -0.481 e. The first-order valence-electron chi connectivity index (χ1n) is 19.2. The van der Waals surface area contributed by atoms with Gasteiger partial charge in [-0.15, -0.1) is 0 Å². The second kappa shape index (κ2) is 14.4. The number of ether oxygens (including phenoxy) is 2. The van der Waals surface area contributed by atoms with Crippen LogP contribution in [-0.4, -0.2) is 68.8 Å². The summed E-state index contributed by atoms with van der Waals surface area (Å²) in [6.45, 7) is 6.25. The van der Waals surface area contributed by atoms with Gasteiger partial charge in [0.1, 0.15) is 17.2 Å². The number of hydrogen-bond donors (Lipinski definition) is 2. The summed E-state index contributed by atoms with van der Waals surface area (Å²) in [4.78, 5) is 47.7. The number of pyridine rings is 1. The Hall–Kier alpha value is -3.74. The highest BCUT2D eigenvalue weighted by Gasteiger charge is 2.64. The largest absolute Gasteiger partial charge is 0.481 e. The summed E-state index contributed by atoms with van der Waals surface area (Å²) in [6, 6.07) is 7.90. The molecular weight excluding hydrogens is 723 g/mol. The molecule has 1 aromatic carbocycles. The Labute approximate surface area is 323 Å². The van der Waals surface area contributed by atoms with Crippen LogP contribution in [0.4, 0.5) is 5.82 Å². The fourth-order valence-corrected chi connectivity index (χ4v) is 12.1. The number of nitrogen functional groups attached to an aromatic ring is 1. The van der Waals surface area contributed by atoms with Gasteiger partial charge in [0.25, 0.3) is 0 Å². The van der Waals surface area contributed by atoms with E-state index in [2.05, 4.69) is 11.1 Å². The maximum Gasteiger partial charge on any atom is 0.340 e. The molecule has 5 aliphatic rings. The van der Waals surface area contributed by atoms with Gasteiger partial charge in [0.15, 0.2) is 11.2 Å². The molecule has 8 rings (SSSR count). The summed E-state index contributed by atoms with van der Waals surface area (Å²) >= 11 is 0. The van der Waals surface area contributed by atoms with Gasteiger partial charge in [-0.25, -0.2) is 14.6 Å². The topological polar surface area (TPSA) is 145 Å². The summed E-state index contributed by atoms with van der Waals surface area (Å²) in [5, 5.41) is 10.9. The minimum atomic E-state index is -1.16. The van der Waals surface area contributed by atoms with E-state index >= 15 is 0 Å². The van der Waals surface area contributed by atoms with E-state index in [0.29, 0.717) is 53.3 Å². The lowest BCUT2D eigenvalue weighted by Crippen LogP contribution is -2.63. The Morgan fingerprint density at radius 3 is 2.70 bits per heavy atom. The van der Waals surface area contributed by atoms with Crippen molar-refractivity contribution in [2.75, 3.05) is 30.4 Å². The highest BCUT2D eigenvalue weighted by atomic mass is 33.1. The van der Waals surface area contributed by atoms with E-state index in [1.165, 1.54) is 0 Å². The van der Waals surface area contributed by atoms with Crippen molar-refractivity contribution in [1.29, 1.82) is 0 Å². The predicted molar refractivity (Wildman–Crippen MR) is 213 cm³/mol. The number of allylic oxidation sites excluding steroid dienone is 1. The summed E-state index contributed by atoms with van der Waals surface area (Å²) in [5.41, 5.74) is 8.49. The molecule has 2 aromatic heterocycles. The van der Waals surface area contributed by atoms with Crippen LogP contribution in [0, 0.1) is 0 Å². The normalized spacial score (nSPS) is 28.0. The van der Waals surface area contributed by atoms with Gasteiger partial charge < -0.3 is 29.6 Å². The first-order valence-corrected chi connectivity index (χ1v) is 21.7. The second-order valence-corrected chi connectivity index (χ2v) is 18.5. The molecule has 4 atom stereocenters. The van der Waals surface area contributed by atoms with Crippen molar-refractivity contribution in [2.45, 2.75) is 114 Å². The van der Waals surface area contributed by atoms with Crippen LogP contribution >= 0.6 is 21.6 Å². The van der Waals surface area contributed by atoms with E-state index in [9.17, 15) is 19.5 Å². The number of aromatic nitrogens is 1. The van der Waals surface area contributed by atoms with E-state index in [1.54, 1.807) is 46.9 Å². The first-order chi connectivity index (χ1) is 26.0. The molecule has 1 amide bonds. The first kappa shape index (κ1) is 37.2. The number of rotatable bonds is 5. The zero-order valence-corrected chi connectivity index (χ0v) is 32.9. The number of fused-ring (bicyclic) bond motifs is 7. The quantitative estimate of drug-likeness (QED) is 0.0914. The van der Waals surface area contributed by atoms with Crippen molar-refractivity contribution in [2.24, 2.45) is 0 Å². The lowest BCUT2D eigenvalue weighted by Gasteiger charge is -2.52. The maximum atomic E-state index is 13.8. The van der Waals surface area contributed by atoms with Gasteiger partial charge in [-0.1, -0.05) is 58.6 Å². The molecule has 5 heterocycles. The van der Waals surface area contributed by atoms with Gasteiger partial charge >= 0.3 is 11.6 Å². The molecule has 0 radical (unpaired) electrons. The number of hydrogen-bond acceptors (Lipinski definition) is 11. The fraction of sp³-hybridized carbons (Fsp3) is 0.524. The van der Waals surface area contributed by atoms with Gasteiger partial charge in [-0.3, -0.25) is 4.79 Å². The number of carbonyl (C=O) groups is 2. The third-order valence-corrected chi connectivity index (χ3v) is 15.3. The number of aliphatic hydroxyl groups excluding tert-OH is 1. The van der Waals surface area contributed by atoms with Crippen molar-refractivity contribution in [1.82, 2.24) is 9.88 Å². The van der Waals surface area contributed by atoms with Crippen LogP contribution in [0.3, 0.4) is 0 Å². The zero-order chi connectivity index (χ0) is 37.8. The molecule has 12 heteroatoms. The van der Waals surface area contributed by atoms with Gasteiger partial charge in [0, 0.05) is 77.7 Å². The number of nitrogens with zero attached hydrogens (tertiary/aromatic N) is 2. The third-order valence-electron chi connectivity index (χ3n) is 12.9. The van der Waals surface area contributed by atoms with E-state index in [4.69, 9.17) is 19.6 Å². The Balaban J connectivity index is 1.29. The molecule has 1 saturated heterocycles. The van der Waals surface area contributed by atoms with Crippen molar-refractivity contribution < 1.29 is 28.6 Å². The smallest absolute Gasteiger partial charge is 0.340 e. The van der Waals surface area contributed by atoms with Crippen molar-refractivity contribution in [3.05, 3.63) is 86.4 Å². The molecule has 1 spiro atoms. The lowest BCUT2D eigenvalue weighted by molar-refractivity contribution is -0.183. The number of benzene rings is 1. The average Bonchev–Trinajstić information content (AvgIpc) is 3.51.